The van der Waals surface area contributed by atoms with Gasteiger partial charge in [-0.05, 0) is 67.1 Å². The Labute approximate surface area is 191 Å². The zero-order valence-corrected chi connectivity index (χ0v) is 18.4. The van der Waals surface area contributed by atoms with Gasteiger partial charge >= 0.3 is 0 Å². The molecule has 0 spiro atoms. The molecular formula is C24H20N4O4S. The number of benzene rings is 3. The van der Waals surface area contributed by atoms with Gasteiger partial charge in [-0.25, -0.2) is 13.6 Å². The van der Waals surface area contributed by atoms with Crippen molar-refractivity contribution < 1.29 is 18.0 Å². The Morgan fingerprint density at radius 3 is 2.21 bits per heavy atom. The smallest absolute Gasteiger partial charge is 0.266 e. The van der Waals surface area contributed by atoms with E-state index < -0.39 is 15.9 Å². The van der Waals surface area contributed by atoms with Crippen LogP contribution in [-0.2, 0) is 14.8 Å². The van der Waals surface area contributed by atoms with Crippen molar-refractivity contribution in [3.05, 3.63) is 95.1 Å². The van der Waals surface area contributed by atoms with Crippen LogP contribution < -0.4 is 15.8 Å². The van der Waals surface area contributed by atoms with Gasteiger partial charge in [0.15, 0.2) is 0 Å². The highest BCUT2D eigenvalue weighted by Crippen LogP contribution is 2.17. The summed E-state index contributed by atoms with van der Waals surface area (Å²) in [6.45, 7) is 1.93. The van der Waals surface area contributed by atoms with E-state index in [0.29, 0.717) is 22.5 Å². The highest BCUT2D eigenvalue weighted by molar-refractivity contribution is 7.89. The van der Waals surface area contributed by atoms with E-state index in [0.717, 1.165) is 5.56 Å². The number of primary sulfonamides is 1. The van der Waals surface area contributed by atoms with E-state index in [1.165, 1.54) is 30.3 Å². The molecule has 8 nitrogen and oxygen atoms in total. The average molecular weight is 461 g/mol. The fraction of sp³-hybridized carbons (Fsp3) is 0.0417. The summed E-state index contributed by atoms with van der Waals surface area (Å²) in [6, 6.07) is 20.9. The lowest BCUT2D eigenvalue weighted by atomic mass is 10.1. The fourth-order valence-corrected chi connectivity index (χ4v) is 3.37. The molecule has 0 aliphatic rings. The first kappa shape index (κ1) is 23.4. The lowest BCUT2D eigenvalue weighted by molar-refractivity contribution is -0.112. The highest BCUT2D eigenvalue weighted by Gasteiger charge is 2.12. The van der Waals surface area contributed by atoms with Crippen LogP contribution in [0.1, 0.15) is 21.5 Å². The van der Waals surface area contributed by atoms with Crippen molar-refractivity contribution >= 4 is 39.3 Å². The van der Waals surface area contributed by atoms with E-state index in [1.54, 1.807) is 36.4 Å². The monoisotopic (exact) mass is 460 g/mol. The summed E-state index contributed by atoms with van der Waals surface area (Å²) < 4.78 is 22.6. The lowest BCUT2D eigenvalue weighted by Gasteiger charge is -2.07. The zero-order valence-electron chi connectivity index (χ0n) is 17.6. The number of nitriles is 1. The van der Waals surface area contributed by atoms with Crippen molar-refractivity contribution in [1.82, 2.24) is 0 Å². The number of nitrogens with two attached hydrogens (primary N) is 1. The zero-order chi connectivity index (χ0) is 24.0. The average Bonchev–Trinajstić information content (AvgIpc) is 2.78. The molecule has 166 valence electrons. The van der Waals surface area contributed by atoms with E-state index in [1.807, 2.05) is 25.1 Å². The van der Waals surface area contributed by atoms with Gasteiger partial charge in [0, 0.05) is 16.9 Å². The third kappa shape index (κ3) is 6.36. The second-order valence-electron chi connectivity index (χ2n) is 7.14. The van der Waals surface area contributed by atoms with E-state index in [9.17, 15) is 23.3 Å². The van der Waals surface area contributed by atoms with Gasteiger partial charge in [0.05, 0.1) is 4.90 Å². The Kier molecular flexibility index (Phi) is 7.03. The first-order valence-corrected chi connectivity index (χ1v) is 11.2. The first-order valence-electron chi connectivity index (χ1n) is 9.70. The van der Waals surface area contributed by atoms with Crippen molar-refractivity contribution in [1.29, 1.82) is 5.26 Å². The Balaban J connectivity index is 1.74. The lowest BCUT2D eigenvalue weighted by Crippen LogP contribution is -2.15. The second-order valence-corrected chi connectivity index (χ2v) is 8.70. The molecular weight excluding hydrogens is 440 g/mol. The van der Waals surface area contributed by atoms with Crippen LogP contribution in [0.2, 0.25) is 0 Å². The summed E-state index contributed by atoms with van der Waals surface area (Å²) in [5, 5.41) is 19.8. The number of carbonyl (C=O) groups excluding carboxylic acids is 2. The molecule has 0 bridgehead atoms. The molecule has 0 saturated carbocycles. The largest absolute Gasteiger partial charge is 0.322 e. The number of aryl methyl sites for hydroxylation is 1. The van der Waals surface area contributed by atoms with Crippen molar-refractivity contribution in [2.75, 3.05) is 10.6 Å². The van der Waals surface area contributed by atoms with Crippen molar-refractivity contribution in [3.8, 4) is 6.07 Å². The van der Waals surface area contributed by atoms with Crippen molar-refractivity contribution in [3.63, 3.8) is 0 Å². The maximum Gasteiger partial charge on any atom is 0.266 e. The number of hydrogen-bond donors (Lipinski definition) is 3. The summed E-state index contributed by atoms with van der Waals surface area (Å²) >= 11 is 0. The van der Waals surface area contributed by atoms with Crippen LogP contribution in [0.4, 0.5) is 11.4 Å². The number of anilines is 2. The minimum atomic E-state index is -3.85. The Bertz CT molecular complexity index is 1370. The fourth-order valence-electron chi connectivity index (χ4n) is 2.86. The number of rotatable bonds is 6. The molecule has 4 N–H and O–H groups in total. The minimum Gasteiger partial charge on any atom is -0.322 e. The molecule has 0 saturated heterocycles. The quantitative estimate of drug-likeness (QED) is 0.381. The molecule has 3 aromatic rings. The molecule has 33 heavy (non-hydrogen) atoms. The number of nitrogens with zero attached hydrogens (tertiary/aromatic N) is 1. The maximum absolute atomic E-state index is 12.5. The van der Waals surface area contributed by atoms with Gasteiger partial charge in [-0.15, -0.1) is 0 Å². The predicted octanol–water partition coefficient (Wildman–Crippen LogP) is 3.44. The van der Waals surface area contributed by atoms with Crippen molar-refractivity contribution in [2.45, 2.75) is 11.8 Å². The summed E-state index contributed by atoms with van der Waals surface area (Å²) in [5.74, 6) is -0.952. The van der Waals surface area contributed by atoms with Crippen LogP contribution in [0.5, 0.6) is 0 Å². The van der Waals surface area contributed by atoms with Gasteiger partial charge < -0.3 is 10.6 Å². The van der Waals surface area contributed by atoms with Gasteiger partial charge in [-0.1, -0.05) is 29.8 Å². The van der Waals surface area contributed by atoms with Gasteiger partial charge in [0.25, 0.3) is 11.8 Å². The van der Waals surface area contributed by atoms with Crippen LogP contribution in [0, 0.1) is 18.3 Å². The normalized spacial score (nSPS) is 11.4. The Morgan fingerprint density at radius 2 is 1.61 bits per heavy atom. The van der Waals surface area contributed by atoms with Gasteiger partial charge in [-0.3, -0.25) is 9.59 Å². The van der Waals surface area contributed by atoms with E-state index in [2.05, 4.69) is 10.6 Å². The molecule has 0 atom stereocenters. The molecule has 3 aromatic carbocycles. The first-order chi connectivity index (χ1) is 15.7. The number of amides is 2. The van der Waals surface area contributed by atoms with Crippen LogP contribution >= 0.6 is 0 Å². The number of nitrogens with one attached hydrogen (secondary N) is 2. The Hall–Kier alpha value is -4.26. The topological polar surface area (TPSA) is 142 Å². The standard InChI is InChI=1S/C24H20N4O4S/c1-16-5-7-18(8-6-16)23(29)28-21-4-2-3-17(14-21)13-19(15-25)24(30)27-20-9-11-22(12-10-20)33(26,31)32/h2-14H,1H3,(H,27,30)(H,28,29)(H2,26,31,32)/b19-13+. The molecule has 0 unspecified atom stereocenters. The maximum atomic E-state index is 12.5. The van der Waals surface area contributed by atoms with Crippen LogP contribution in [-0.4, -0.2) is 20.2 Å². The van der Waals surface area contributed by atoms with Crippen LogP contribution in [0.3, 0.4) is 0 Å². The molecule has 0 heterocycles. The third-order valence-electron chi connectivity index (χ3n) is 4.58. The molecule has 3 rings (SSSR count). The van der Waals surface area contributed by atoms with E-state index in [-0.39, 0.29) is 16.4 Å². The summed E-state index contributed by atoms with van der Waals surface area (Å²) in [4.78, 5) is 24.8. The number of sulfonamides is 1. The predicted molar refractivity (Wildman–Crippen MR) is 126 cm³/mol. The number of hydrogen-bond acceptors (Lipinski definition) is 5. The third-order valence-corrected chi connectivity index (χ3v) is 5.50. The highest BCUT2D eigenvalue weighted by atomic mass is 32.2. The van der Waals surface area contributed by atoms with Crippen LogP contribution in [0.25, 0.3) is 6.08 Å². The molecule has 9 heteroatoms. The summed E-state index contributed by atoms with van der Waals surface area (Å²) in [6.07, 6.45) is 1.38. The van der Waals surface area contributed by atoms with E-state index in [4.69, 9.17) is 5.14 Å². The van der Waals surface area contributed by atoms with E-state index >= 15 is 0 Å². The summed E-state index contributed by atoms with van der Waals surface area (Å²) in [5.41, 5.74) is 2.72. The minimum absolute atomic E-state index is 0.0963. The molecule has 0 aromatic heterocycles. The Morgan fingerprint density at radius 1 is 0.939 bits per heavy atom. The molecule has 0 radical (unpaired) electrons. The second kappa shape index (κ2) is 9.91. The molecule has 0 aliphatic heterocycles. The molecule has 2 amide bonds. The molecule has 0 fully saturated rings. The van der Waals surface area contributed by atoms with Crippen molar-refractivity contribution in [2.24, 2.45) is 5.14 Å². The molecule has 0 aliphatic carbocycles. The summed E-state index contributed by atoms with van der Waals surface area (Å²) in [7, 11) is -3.85. The van der Waals surface area contributed by atoms with Gasteiger partial charge in [-0.2, -0.15) is 5.26 Å². The van der Waals surface area contributed by atoms with Gasteiger partial charge in [0.1, 0.15) is 11.6 Å². The number of carbonyl (C=O) groups is 2. The van der Waals surface area contributed by atoms with Gasteiger partial charge in [0.2, 0.25) is 10.0 Å². The SMILES string of the molecule is Cc1ccc(C(=O)Nc2cccc(/C=C(\C#N)C(=O)Nc3ccc(S(N)(=O)=O)cc3)c2)cc1. The van der Waals surface area contributed by atoms with Crippen LogP contribution in [0.15, 0.2) is 83.3 Å².